The van der Waals surface area contributed by atoms with E-state index in [1.165, 1.54) is 0 Å². The number of aliphatic hydroxyl groups excluding tert-OH is 1. The second kappa shape index (κ2) is 6.00. The van der Waals surface area contributed by atoms with Crippen LogP contribution in [-0.4, -0.2) is 34.8 Å². The maximum atomic E-state index is 9.15. The Morgan fingerprint density at radius 1 is 1.28 bits per heavy atom. The lowest BCUT2D eigenvalue weighted by Gasteiger charge is -2.31. The van der Waals surface area contributed by atoms with Gasteiger partial charge in [0.05, 0.1) is 0 Å². The van der Waals surface area contributed by atoms with Gasteiger partial charge in [-0.25, -0.2) is 9.97 Å². The van der Waals surface area contributed by atoms with E-state index in [0.29, 0.717) is 6.42 Å². The summed E-state index contributed by atoms with van der Waals surface area (Å²) in [4.78, 5) is 8.63. The van der Waals surface area contributed by atoms with Crippen LogP contribution in [0.3, 0.4) is 0 Å². The largest absolute Gasteiger partial charge is 0.396 e. The Hall–Kier alpha value is -1.36. The van der Waals surface area contributed by atoms with Gasteiger partial charge in [-0.3, -0.25) is 0 Å². The second-order valence-electron chi connectivity index (χ2n) is 5.51. The Kier molecular flexibility index (Phi) is 4.90. The van der Waals surface area contributed by atoms with E-state index in [2.05, 4.69) is 41.4 Å². The molecule has 0 aliphatic heterocycles. The first kappa shape index (κ1) is 14.7. The molecule has 0 fully saturated rings. The Morgan fingerprint density at radius 3 is 2.39 bits per heavy atom. The number of hydrogen-bond donors (Lipinski definition) is 3. The number of nitrogens with one attached hydrogen (secondary N) is 2. The van der Waals surface area contributed by atoms with Crippen LogP contribution in [0.15, 0.2) is 6.07 Å². The Balaban J connectivity index is 2.90. The number of aliphatic hydroxyl groups is 1. The van der Waals surface area contributed by atoms with E-state index in [1.54, 1.807) is 0 Å². The van der Waals surface area contributed by atoms with Gasteiger partial charge < -0.3 is 15.7 Å². The van der Waals surface area contributed by atoms with Crippen molar-refractivity contribution in [2.24, 2.45) is 5.41 Å². The number of aryl methyl sites for hydroxylation is 1. The van der Waals surface area contributed by atoms with Crippen LogP contribution in [-0.2, 0) is 0 Å². The topological polar surface area (TPSA) is 70.1 Å². The minimum absolute atomic E-state index is 0.0569. The molecule has 0 bridgehead atoms. The molecule has 0 aliphatic carbocycles. The molecule has 0 aromatic carbocycles. The van der Waals surface area contributed by atoms with Crippen LogP contribution in [0.5, 0.6) is 0 Å². The first-order valence-electron chi connectivity index (χ1n) is 6.27. The third-order valence-corrected chi connectivity index (χ3v) is 2.88. The van der Waals surface area contributed by atoms with Crippen LogP contribution in [0.1, 0.15) is 33.0 Å². The summed E-state index contributed by atoms with van der Waals surface area (Å²) in [5, 5.41) is 15.5. The van der Waals surface area contributed by atoms with Crippen LogP contribution < -0.4 is 10.6 Å². The van der Waals surface area contributed by atoms with E-state index < -0.39 is 0 Å². The highest BCUT2D eigenvalue weighted by molar-refractivity contribution is 5.47. The van der Waals surface area contributed by atoms with E-state index in [4.69, 9.17) is 5.11 Å². The highest BCUT2D eigenvalue weighted by atomic mass is 16.3. The van der Waals surface area contributed by atoms with Crippen LogP contribution in [0.4, 0.5) is 11.6 Å². The Labute approximate surface area is 109 Å². The van der Waals surface area contributed by atoms with Crippen molar-refractivity contribution in [1.82, 2.24) is 9.97 Å². The lowest BCUT2D eigenvalue weighted by atomic mass is 9.85. The van der Waals surface area contributed by atoms with Crippen LogP contribution in [0, 0.1) is 12.3 Å². The molecule has 18 heavy (non-hydrogen) atoms. The molecular formula is C13H24N4O. The summed E-state index contributed by atoms with van der Waals surface area (Å²) < 4.78 is 0. The first-order chi connectivity index (χ1) is 8.36. The lowest BCUT2D eigenvalue weighted by Crippen LogP contribution is -2.35. The zero-order valence-electron chi connectivity index (χ0n) is 11.9. The molecule has 0 saturated heterocycles. The van der Waals surface area contributed by atoms with Gasteiger partial charge in [0.15, 0.2) is 0 Å². The molecule has 1 aromatic heterocycles. The van der Waals surface area contributed by atoms with Crippen LogP contribution in [0.2, 0.25) is 0 Å². The number of nitrogens with zero attached hydrogens (tertiary/aromatic N) is 2. The molecule has 0 amide bonds. The minimum Gasteiger partial charge on any atom is -0.396 e. The second-order valence-corrected chi connectivity index (χ2v) is 5.51. The summed E-state index contributed by atoms with van der Waals surface area (Å²) in [6.07, 6.45) is 0.696. The molecule has 1 atom stereocenters. The number of anilines is 2. The van der Waals surface area contributed by atoms with Gasteiger partial charge in [-0.2, -0.15) is 0 Å². The number of aromatic nitrogens is 2. The molecule has 3 N–H and O–H groups in total. The van der Waals surface area contributed by atoms with Gasteiger partial charge in [0.25, 0.3) is 0 Å². The molecule has 5 nitrogen and oxygen atoms in total. The standard InChI is InChI=1S/C13H24N4O/c1-9-15-11(14-5)8-12(16-9)17-10(6-7-18)13(2,3)4/h8,10,18H,6-7H2,1-5H3,(H2,14,15,16,17). The minimum atomic E-state index is 0.0569. The van der Waals surface area contributed by atoms with Crippen molar-refractivity contribution in [1.29, 1.82) is 0 Å². The summed E-state index contributed by atoms with van der Waals surface area (Å²) in [5.41, 5.74) is 0.0569. The summed E-state index contributed by atoms with van der Waals surface area (Å²) in [6.45, 7) is 8.47. The van der Waals surface area contributed by atoms with Crippen molar-refractivity contribution in [3.63, 3.8) is 0 Å². The summed E-state index contributed by atoms with van der Waals surface area (Å²) >= 11 is 0. The average Bonchev–Trinajstić information content (AvgIpc) is 2.26. The lowest BCUT2D eigenvalue weighted by molar-refractivity contribution is 0.235. The maximum Gasteiger partial charge on any atom is 0.132 e. The molecule has 0 spiro atoms. The maximum absolute atomic E-state index is 9.15. The van der Waals surface area contributed by atoms with Gasteiger partial charge >= 0.3 is 0 Å². The average molecular weight is 252 g/mol. The van der Waals surface area contributed by atoms with Gasteiger partial charge in [0, 0.05) is 25.8 Å². The van der Waals surface area contributed by atoms with Crippen molar-refractivity contribution < 1.29 is 5.11 Å². The highest BCUT2D eigenvalue weighted by Crippen LogP contribution is 2.25. The van der Waals surface area contributed by atoms with Crippen molar-refractivity contribution in [2.45, 2.75) is 40.2 Å². The fraction of sp³-hybridized carbons (Fsp3) is 0.692. The van der Waals surface area contributed by atoms with Crippen molar-refractivity contribution in [3.8, 4) is 0 Å². The van der Waals surface area contributed by atoms with Crippen molar-refractivity contribution in [3.05, 3.63) is 11.9 Å². The molecule has 5 heteroatoms. The molecule has 1 rings (SSSR count). The zero-order valence-corrected chi connectivity index (χ0v) is 11.9. The molecule has 1 unspecified atom stereocenters. The number of hydrogen-bond acceptors (Lipinski definition) is 5. The van der Waals surface area contributed by atoms with Gasteiger partial charge in [0.2, 0.25) is 0 Å². The summed E-state index contributed by atoms with van der Waals surface area (Å²) in [5.74, 6) is 2.31. The van der Waals surface area contributed by atoms with E-state index in [1.807, 2.05) is 20.0 Å². The fourth-order valence-corrected chi connectivity index (χ4v) is 1.80. The molecule has 0 saturated carbocycles. The SMILES string of the molecule is CNc1cc(NC(CCO)C(C)(C)C)nc(C)n1. The van der Waals surface area contributed by atoms with Gasteiger partial charge in [-0.05, 0) is 18.8 Å². The van der Waals surface area contributed by atoms with E-state index in [9.17, 15) is 0 Å². The molecule has 1 aromatic rings. The van der Waals surface area contributed by atoms with Gasteiger partial charge in [-0.15, -0.1) is 0 Å². The van der Waals surface area contributed by atoms with Crippen LogP contribution >= 0.6 is 0 Å². The Bertz CT molecular complexity index is 387. The van der Waals surface area contributed by atoms with E-state index in [0.717, 1.165) is 17.5 Å². The monoisotopic (exact) mass is 252 g/mol. The fourth-order valence-electron chi connectivity index (χ4n) is 1.80. The predicted molar refractivity (Wildman–Crippen MR) is 74.9 cm³/mol. The third-order valence-electron chi connectivity index (χ3n) is 2.88. The molecule has 0 aliphatic rings. The van der Waals surface area contributed by atoms with Crippen molar-refractivity contribution in [2.75, 3.05) is 24.3 Å². The summed E-state index contributed by atoms with van der Waals surface area (Å²) in [6, 6.07) is 2.05. The highest BCUT2D eigenvalue weighted by Gasteiger charge is 2.24. The molecule has 102 valence electrons. The first-order valence-corrected chi connectivity index (χ1v) is 6.27. The number of rotatable bonds is 5. The summed E-state index contributed by atoms with van der Waals surface area (Å²) in [7, 11) is 1.83. The quantitative estimate of drug-likeness (QED) is 0.748. The zero-order chi connectivity index (χ0) is 13.8. The van der Waals surface area contributed by atoms with Gasteiger partial charge in [0.1, 0.15) is 17.5 Å². The van der Waals surface area contributed by atoms with E-state index >= 15 is 0 Å². The van der Waals surface area contributed by atoms with Crippen LogP contribution in [0.25, 0.3) is 0 Å². The third kappa shape index (κ3) is 4.14. The Morgan fingerprint density at radius 2 is 1.89 bits per heavy atom. The van der Waals surface area contributed by atoms with Crippen molar-refractivity contribution >= 4 is 11.6 Å². The molecule has 0 radical (unpaired) electrons. The smallest absolute Gasteiger partial charge is 0.132 e. The predicted octanol–water partition coefficient (Wildman–Crippen LogP) is 2.04. The van der Waals surface area contributed by atoms with Gasteiger partial charge in [-0.1, -0.05) is 20.8 Å². The molecular weight excluding hydrogens is 228 g/mol. The van der Waals surface area contributed by atoms with E-state index in [-0.39, 0.29) is 18.1 Å². The normalized spacial score (nSPS) is 13.2. The molecule has 1 heterocycles.